The largest absolute Gasteiger partial charge is 0.330 e. The second kappa shape index (κ2) is 5.49. The van der Waals surface area contributed by atoms with E-state index in [9.17, 15) is 0 Å². The van der Waals surface area contributed by atoms with Crippen LogP contribution >= 0.6 is 0 Å². The van der Waals surface area contributed by atoms with Crippen molar-refractivity contribution in [3.8, 4) is 0 Å². The van der Waals surface area contributed by atoms with Crippen LogP contribution in [0.4, 0.5) is 0 Å². The van der Waals surface area contributed by atoms with Gasteiger partial charge in [0.15, 0.2) is 0 Å². The van der Waals surface area contributed by atoms with Crippen LogP contribution in [0.1, 0.15) is 57.6 Å². The van der Waals surface area contributed by atoms with Gasteiger partial charge in [-0.25, -0.2) is 0 Å². The molecule has 1 aromatic carbocycles. The quantitative estimate of drug-likeness (QED) is 0.800. The summed E-state index contributed by atoms with van der Waals surface area (Å²) < 4.78 is 0. The lowest BCUT2D eigenvalue weighted by atomic mass is 9.81. The Morgan fingerprint density at radius 3 is 2.19 bits per heavy atom. The third kappa shape index (κ3) is 3.08. The van der Waals surface area contributed by atoms with E-state index in [0.29, 0.717) is 5.92 Å². The lowest BCUT2D eigenvalue weighted by Gasteiger charge is -2.25. The van der Waals surface area contributed by atoms with E-state index in [1.54, 1.807) is 0 Å². The summed E-state index contributed by atoms with van der Waals surface area (Å²) in [6.07, 6.45) is 2.24. The molecule has 0 heterocycles. The molecule has 0 bridgehead atoms. The van der Waals surface area contributed by atoms with Crippen LogP contribution in [0.5, 0.6) is 0 Å². The molecule has 1 aromatic rings. The average molecular weight is 219 g/mol. The van der Waals surface area contributed by atoms with Crippen molar-refractivity contribution in [1.82, 2.24) is 0 Å². The summed E-state index contributed by atoms with van der Waals surface area (Å²) in [5.41, 5.74) is 8.68. The van der Waals surface area contributed by atoms with Crippen molar-refractivity contribution in [3.63, 3.8) is 0 Å². The van der Waals surface area contributed by atoms with Crippen molar-refractivity contribution in [2.24, 2.45) is 5.73 Å². The Hall–Kier alpha value is -0.820. The van der Waals surface area contributed by atoms with Gasteiger partial charge in [0.25, 0.3) is 0 Å². The van der Waals surface area contributed by atoms with Crippen molar-refractivity contribution in [2.75, 3.05) is 6.54 Å². The van der Waals surface area contributed by atoms with Gasteiger partial charge in [-0.2, -0.15) is 0 Å². The maximum atomic E-state index is 5.65. The maximum Gasteiger partial charge on any atom is -0.00690 e. The smallest absolute Gasteiger partial charge is 0.00690 e. The molecule has 0 fully saturated rings. The molecule has 1 heteroatoms. The second-order valence-corrected chi connectivity index (χ2v) is 5.35. The van der Waals surface area contributed by atoms with Crippen molar-refractivity contribution < 1.29 is 0 Å². The summed E-state index contributed by atoms with van der Waals surface area (Å²) >= 11 is 0. The third-order valence-corrected chi connectivity index (χ3v) is 3.64. The van der Waals surface area contributed by atoms with E-state index in [-0.39, 0.29) is 5.41 Å². The molecule has 0 saturated heterocycles. The highest BCUT2D eigenvalue weighted by Gasteiger charge is 2.19. The van der Waals surface area contributed by atoms with E-state index in [2.05, 4.69) is 52.0 Å². The van der Waals surface area contributed by atoms with Crippen molar-refractivity contribution in [3.05, 3.63) is 35.4 Å². The van der Waals surface area contributed by atoms with Crippen LogP contribution in [-0.2, 0) is 5.41 Å². The standard InChI is InChI=1S/C15H25N/c1-5-12(2)13-6-8-14(9-7-13)15(3,4)10-11-16/h6-9,12H,5,10-11,16H2,1-4H3. The third-order valence-electron chi connectivity index (χ3n) is 3.64. The molecule has 0 amide bonds. The fourth-order valence-corrected chi connectivity index (χ4v) is 2.00. The molecular formula is C15H25N. The number of benzene rings is 1. The van der Waals surface area contributed by atoms with Gasteiger partial charge >= 0.3 is 0 Å². The fraction of sp³-hybridized carbons (Fsp3) is 0.600. The summed E-state index contributed by atoms with van der Waals surface area (Å²) in [4.78, 5) is 0. The molecule has 90 valence electrons. The summed E-state index contributed by atoms with van der Waals surface area (Å²) in [6.45, 7) is 9.79. The Labute approximate surface area is 100 Å². The average Bonchev–Trinajstić information content (AvgIpc) is 2.28. The molecular weight excluding hydrogens is 194 g/mol. The Balaban J connectivity index is 2.86. The SMILES string of the molecule is CCC(C)c1ccc(C(C)(C)CCN)cc1. The van der Waals surface area contributed by atoms with Crippen LogP contribution < -0.4 is 5.73 Å². The molecule has 1 nitrogen and oxygen atoms in total. The summed E-state index contributed by atoms with van der Waals surface area (Å²) in [5.74, 6) is 0.659. The van der Waals surface area contributed by atoms with E-state index in [4.69, 9.17) is 5.73 Å². The molecule has 0 saturated carbocycles. The Morgan fingerprint density at radius 2 is 1.75 bits per heavy atom. The molecule has 16 heavy (non-hydrogen) atoms. The van der Waals surface area contributed by atoms with E-state index >= 15 is 0 Å². The number of rotatable bonds is 5. The molecule has 0 spiro atoms. The van der Waals surface area contributed by atoms with Crippen molar-refractivity contribution in [2.45, 2.75) is 51.9 Å². The zero-order valence-corrected chi connectivity index (χ0v) is 11.1. The predicted octanol–water partition coefficient (Wildman–Crippen LogP) is 3.83. The number of hydrogen-bond acceptors (Lipinski definition) is 1. The summed E-state index contributed by atoms with van der Waals surface area (Å²) in [5, 5.41) is 0. The Kier molecular flexibility index (Phi) is 4.55. The Bertz CT molecular complexity index is 311. The van der Waals surface area contributed by atoms with Crippen molar-refractivity contribution in [1.29, 1.82) is 0 Å². The van der Waals surface area contributed by atoms with Gasteiger partial charge in [-0.05, 0) is 41.8 Å². The van der Waals surface area contributed by atoms with E-state index in [0.717, 1.165) is 13.0 Å². The maximum absolute atomic E-state index is 5.65. The normalized spacial score (nSPS) is 13.8. The van der Waals surface area contributed by atoms with Crippen LogP contribution in [0.2, 0.25) is 0 Å². The highest BCUT2D eigenvalue weighted by Crippen LogP contribution is 2.28. The molecule has 0 aliphatic rings. The first-order chi connectivity index (χ1) is 7.51. The molecule has 0 aliphatic carbocycles. The first-order valence-electron chi connectivity index (χ1n) is 6.31. The summed E-state index contributed by atoms with van der Waals surface area (Å²) in [6, 6.07) is 9.05. The number of nitrogens with two attached hydrogens (primary N) is 1. The van der Waals surface area contributed by atoms with Gasteiger partial charge in [-0.15, -0.1) is 0 Å². The second-order valence-electron chi connectivity index (χ2n) is 5.35. The zero-order valence-electron chi connectivity index (χ0n) is 11.1. The first-order valence-corrected chi connectivity index (χ1v) is 6.31. The number of hydrogen-bond donors (Lipinski definition) is 1. The monoisotopic (exact) mass is 219 g/mol. The predicted molar refractivity (Wildman–Crippen MR) is 71.8 cm³/mol. The van der Waals surface area contributed by atoms with Crippen LogP contribution in [0.3, 0.4) is 0 Å². The summed E-state index contributed by atoms with van der Waals surface area (Å²) in [7, 11) is 0. The lowest BCUT2D eigenvalue weighted by molar-refractivity contribution is 0.487. The van der Waals surface area contributed by atoms with Gasteiger partial charge in [-0.1, -0.05) is 52.0 Å². The molecule has 1 unspecified atom stereocenters. The van der Waals surface area contributed by atoms with Gasteiger partial charge < -0.3 is 5.73 Å². The highest BCUT2D eigenvalue weighted by atomic mass is 14.5. The van der Waals surface area contributed by atoms with Crippen LogP contribution in [-0.4, -0.2) is 6.54 Å². The first kappa shape index (κ1) is 13.2. The molecule has 1 atom stereocenters. The molecule has 0 aliphatic heterocycles. The van der Waals surface area contributed by atoms with Crippen LogP contribution in [0, 0.1) is 0 Å². The highest BCUT2D eigenvalue weighted by molar-refractivity contribution is 5.29. The molecule has 1 rings (SSSR count). The fourth-order valence-electron chi connectivity index (χ4n) is 2.00. The van der Waals surface area contributed by atoms with Gasteiger partial charge in [0.2, 0.25) is 0 Å². The van der Waals surface area contributed by atoms with E-state index in [1.807, 2.05) is 0 Å². The van der Waals surface area contributed by atoms with E-state index < -0.39 is 0 Å². The van der Waals surface area contributed by atoms with Gasteiger partial charge in [0.1, 0.15) is 0 Å². The lowest BCUT2D eigenvalue weighted by Crippen LogP contribution is -2.21. The topological polar surface area (TPSA) is 26.0 Å². The minimum absolute atomic E-state index is 0.197. The van der Waals surface area contributed by atoms with E-state index in [1.165, 1.54) is 17.5 Å². The van der Waals surface area contributed by atoms with Gasteiger partial charge in [0, 0.05) is 0 Å². The van der Waals surface area contributed by atoms with Crippen molar-refractivity contribution >= 4 is 0 Å². The van der Waals surface area contributed by atoms with Gasteiger partial charge in [-0.3, -0.25) is 0 Å². The van der Waals surface area contributed by atoms with Crippen LogP contribution in [0.15, 0.2) is 24.3 Å². The minimum Gasteiger partial charge on any atom is -0.330 e. The van der Waals surface area contributed by atoms with Gasteiger partial charge in [0.05, 0.1) is 0 Å². The zero-order chi connectivity index (χ0) is 12.2. The molecule has 0 aromatic heterocycles. The van der Waals surface area contributed by atoms with Crippen LogP contribution in [0.25, 0.3) is 0 Å². The minimum atomic E-state index is 0.197. The molecule has 0 radical (unpaired) electrons. The Morgan fingerprint density at radius 1 is 1.19 bits per heavy atom. The molecule has 2 N–H and O–H groups in total.